The van der Waals surface area contributed by atoms with E-state index in [9.17, 15) is 0 Å². The average molecular weight is 302 g/mol. The van der Waals surface area contributed by atoms with Gasteiger partial charge in [-0.2, -0.15) is 0 Å². The zero-order valence-electron chi connectivity index (χ0n) is 8.33. The Labute approximate surface area is 98.8 Å². The number of hydrogen-bond acceptors (Lipinski definition) is 2. The summed E-state index contributed by atoms with van der Waals surface area (Å²) in [6.45, 7) is 3.31. The summed E-state index contributed by atoms with van der Waals surface area (Å²) in [5.41, 5.74) is 1.45. The Hall–Kier alpha value is -0.130. The van der Waals surface area contributed by atoms with Crippen LogP contribution < -0.4 is 5.32 Å². The molecule has 14 heavy (non-hydrogen) atoms. The van der Waals surface area contributed by atoms with E-state index in [-0.39, 0.29) is 0 Å². The second-order valence-electron chi connectivity index (χ2n) is 3.72. The van der Waals surface area contributed by atoms with Crippen molar-refractivity contribution in [2.45, 2.75) is 6.04 Å². The molecule has 2 rings (SSSR count). The van der Waals surface area contributed by atoms with Crippen LogP contribution in [0.5, 0.6) is 0 Å². The van der Waals surface area contributed by atoms with E-state index in [0.717, 1.165) is 19.6 Å². The maximum atomic E-state index is 3.45. The first kappa shape index (κ1) is 10.4. The van der Waals surface area contributed by atoms with Gasteiger partial charge in [0.15, 0.2) is 0 Å². The lowest BCUT2D eigenvalue weighted by atomic mass is 10.0. The molecule has 0 aliphatic carbocycles. The third kappa shape index (κ3) is 2.10. The number of nitrogens with zero attached hydrogens (tertiary/aromatic N) is 1. The molecule has 1 N–H and O–H groups in total. The zero-order valence-corrected chi connectivity index (χ0v) is 10.5. The van der Waals surface area contributed by atoms with E-state index >= 15 is 0 Å². The maximum Gasteiger partial charge on any atom is 0.0480 e. The summed E-state index contributed by atoms with van der Waals surface area (Å²) < 4.78 is 1.37. The molecule has 1 unspecified atom stereocenters. The van der Waals surface area contributed by atoms with Gasteiger partial charge >= 0.3 is 0 Å². The Bertz CT molecular complexity index is 314. The minimum absolute atomic E-state index is 0.539. The van der Waals surface area contributed by atoms with Crippen molar-refractivity contribution < 1.29 is 0 Å². The van der Waals surface area contributed by atoms with Crippen molar-refractivity contribution in [2.75, 3.05) is 26.7 Å². The zero-order chi connectivity index (χ0) is 9.97. The molecule has 1 aromatic rings. The Kier molecular flexibility index (Phi) is 3.41. The first-order chi connectivity index (χ1) is 6.79. The number of benzene rings is 1. The number of nitrogens with one attached hydrogen (secondary N) is 1. The first-order valence-corrected chi connectivity index (χ1v) is 6.02. The summed E-state index contributed by atoms with van der Waals surface area (Å²) in [6.07, 6.45) is 0. The number of halogens is 1. The Morgan fingerprint density at radius 1 is 1.43 bits per heavy atom. The smallest absolute Gasteiger partial charge is 0.0480 e. The molecule has 2 nitrogen and oxygen atoms in total. The van der Waals surface area contributed by atoms with Gasteiger partial charge < -0.3 is 5.32 Å². The summed E-state index contributed by atoms with van der Waals surface area (Å²) >= 11 is 2.42. The van der Waals surface area contributed by atoms with Crippen LogP contribution in [0, 0.1) is 3.57 Å². The van der Waals surface area contributed by atoms with E-state index < -0.39 is 0 Å². The van der Waals surface area contributed by atoms with Gasteiger partial charge in [0.25, 0.3) is 0 Å². The molecular formula is C11H15IN2. The summed E-state index contributed by atoms with van der Waals surface area (Å²) in [5.74, 6) is 0. The van der Waals surface area contributed by atoms with Gasteiger partial charge in [0.2, 0.25) is 0 Å². The van der Waals surface area contributed by atoms with E-state index in [1.165, 1.54) is 9.13 Å². The van der Waals surface area contributed by atoms with E-state index in [0.29, 0.717) is 6.04 Å². The molecule has 1 aliphatic rings. The number of piperazine rings is 1. The molecule has 0 aromatic heterocycles. The van der Waals surface area contributed by atoms with E-state index in [1.807, 2.05) is 0 Å². The van der Waals surface area contributed by atoms with Crippen LogP contribution in [0.1, 0.15) is 11.6 Å². The lowest BCUT2D eigenvalue weighted by Crippen LogP contribution is -2.44. The average Bonchev–Trinajstić information content (AvgIpc) is 2.20. The molecular weight excluding hydrogens is 287 g/mol. The van der Waals surface area contributed by atoms with Gasteiger partial charge in [-0.15, -0.1) is 0 Å². The molecule has 0 bridgehead atoms. The van der Waals surface area contributed by atoms with Crippen LogP contribution in [0.25, 0.3) is 0 Å². The quantitative estimate of drug-likeness (QED) is 0.797. The summed E-state index contributed by atoms with van der Waals surface area (Å²) in [5, 5.41) is 3.45. The second kappa shape index (κ2) is 4.59. The molecule has 0 amide bonds. The SMILES string of the molecule is CN1CCNCC1c1ccccc1I. The second-order valence-corrected chi connectivity index (χ2v) is 4.88. The monoisotopic (exact) mass is 302 g/mol. The van der Waals surface area contributed by atoms with Crippen molar-refractivity contribution in [3.8, 4) is 0 Å². The maximum absolute atomic E-state index is 3.45. The largest absolute Gasteiger partial charge is 0.314 e. The van der Waals surface area contributed by atoms with Crippen molar-refractivity contribution in [3.63, 3.8) is 0 Å². The molecule has 76 valence electrons. The molecule has 1 aliphatic heterocycles. The van der Waals surface area contributed by atoms with Crippen molar-refractivity contribution in [1.82, 2.24) is 10.2 Å². The van der Waals surface area contributed by atoms with Gasteiger partial charge in [0.1, 0.15) is 0 Å². The van der Waals surface area contributed by atoms with Gasteiger partial charge in [-0.3, -0.25) is 4.90 Å². The molecule has 1 heterocycles. The Morgan fingerprint density at radius 2 is 2.21 bits per heavy atom. The van der Waals surface area contributed by atoms with Gasteiger partial charge in [-0.1, -0.05) is 18.2 Å². The summed E-state index contributed by atoms with van der Waals surface area (Å²) in [6, 6.07) is 9.17. The van der Waals surface area contributed by atoms with Crippen molar-refractivity contribution in [2.24, 2.45) is 0 Å². The molecule has 1 aromatic carbocycles. The summed E-state index contributed by atoms with van der Waals surface area (Å²) in [4.78, 5) is 2.42. The van der Waals surface area contributed by atoms with Gasteiger partial charge in [0, 0.05) is 29.2 Å². The predicted molar refractivity (Wildman–Crippen MR) is 67.4 cm³/mol. The standard InChI is InChI=1S/C11H15IN2/c1-14-7-6-13-8-11(14)9-4-2-3-5-10(9)12/h2-5,11,13H,6-8H2,1H3. The molecule has 1 fully saturated rings. The molecule has 1 saturated heterocycles. The highest BCUT2D eigenvalue weighted by molar-refractivity contribution is 14.1. The van der Waals surface area contributed by atoms with Crippen LogP contribution in [-0.2, 0) is 0 Å². The van der Waals surface area contributed by atoms with Gasteiger partial charge in [-0.25, -0.2) is 0 Å². The predicted octanol–water partition coefficient (Wildman–Crippen LogP) is 1.87. The number of rotatable bonds is 1. The van der Waals surface area contributed by atoms with Gasteiger partial charge in [-0.05, 0) is 41.3 Å². The van der Waals surface area contributed by atoms with Crippen LogP contribution in [0.2, 0.25) is 0 Å². The van der Waals surface area contributed by atoms with Crippen LogP contribution in [0.4, 0.5) is 0 Å². The minimum Gasteiger partial charge on any atom is -0.314 e. The molecule has 0 spiro atoms. The molecule has 3 heteroatoms. The number of likely N-dealkylation sites (N-methyl/N-ethyl adjacent to an activating group) is 1. The van der Waals surface area contributed by atoms with E-state index in [2.05, 4.69) is 64.1 Å². The molecule has 0 saturated carbocycles. The normalized spacial score (nSPS) is 23.7. The fourth-order valence-electron chi connectivity index (χ4n) is 1.90. The highest BCUT2D eigenvalue weighted by Gasteiger charge is 2.21. The van der Waals surface area contributed by atoms with Crippen LogP contribution in [0.3, 0.4) is 0 Å². The summed E-state index contributed by atoms with van der Waals surface area (Å²) in [7, 11) is 2.20. The van der Waals surface area contributed by atoms with Crippen LogP contribution in [-0.4, -0.2) is 31.6 Å². The van der Waals surface area contributed by atoms with E-state index in [4.69, 9.17) is 0 Å². The third-order valence-electron chi connectivity index (χ3n) is 2.78. The highest BCUT2D eigenvalue weighted by atomic mass is 127. The minimum atomic E-state index is 0.539. The van der Waals surface area contributed by atoms with Crippen molar-refractivity contribution >= 4 is 22.6 Å². The first-order valence-electron chi connectivity index (χ1n) is 4.94. The molecule has 1 atom stereocenters. The Morgan fingerprint density at radius 3 is 2.93 bits per heavy atom. The molecule has 0 radical (unpaired) electrons. The lowest BCUT2D eigenvalue weighted by molar-refractivity contribution is 0.201. The fraction of sp³-hybridized carbons (Fsp3) is 0.455. The van der Waals surface area contributed by atoms with Crippen LogP contribution in [0.15, 0.2) is 24.3 Å². The topological polar surface area (TPSA) is 15.3 Å². The van der Waals surface area contributed by atoms with Gasteiger partial charge in [0.05, 0.1) is 0 Å². The van der Waals surface area contributed by atoms with Crippen LogP contribution >= 0.6 is 22.6 Å². The van der Waals surface area contributed by atoms with Crippen molar-refractivity contribution in [3.05, 3.63) is 33.4 Å². The lowest BCUT2D eigenvalue weighted by Gasteiger charge is -2.33. The highest BCUT2D eigenvalue weighted by Crippen LogP contribution is 2.24. The Balaban J connectivity index is 2.25. The van der Waals surface area contributed by atoms with E-state index in [1.54, 1.807) is 0 Å². The van der Waals surface area contributed by atoms with Crippen molar-refractivity contribution in [1.29, 1.82) is 0 Å². The number of hydrogen-bond donors (Lipinski definition) is 1. The third-order valence-corrected chi connectivity index (χ3v) is 3.76. The fourth-order valence-corrected chi connectivity index (χ4v) is 2.65.